The zero-order valence-electron chi connectivity index (χ0n) is 14.8. The molecule has 2 aromatic heterocycles. The number of ether oxygens (including phenoxy) is 1. The number of nitrogens with zero attached hydrogens (tertiary/aromatic N) is 3. The highest BCUT2D eigenvalue weighted by atomic mass is 32.1. The van der Waals surface area contributed by atoms with Crippen LogP contribution in [0.5, 0.6) is 5.88 Å². The quantitative estimate of drug-likeness (QED) is 0.889. The van der Waals surface area contributed by atoms with Crippen LogP contribution < -0.4 is 10.1 Å². The minimum absolute atomic E-state index is 0.214. The predicted molar refractivity (Wildman–Crippen MR) is 98.5 cm³/mol. The molecule has 0 aromatic carbocycles. The van der Waals surface area contributed by atoms with E-state index in [1.165, 1.54) is 44.7 Å². The molecule has 1 N–H and O–H groups in total. The van der Waals surface area contributed by atoms with Gasteiger partial charge in [0.1, 0.15) is 5.01 Å². The van der Waals surface area contributed by atoms with Crippen molar-refractivity contribution in [2.45, 2.75) is 43.9 Å². The van der Waals surface area contributed by atoms with Gasteiger partial charge in [0.2, 0.25) is 11.0 Å². The van der Waals surface area contributed by atoms with Crippen molar-refractivity contribution in [3.8, 4) is 5.88 Å². The highest BCUT2D eigenvalue weighted by Gasteiger charge is 2.53. The molecule has 4 fully saturated rings. The van der Waals surface area contributed by atoms with E-state index >= 15 is 0 Å². The molecule has 6 rings (SSSR count). The van der Waals surface area contributed by atoms with E-state index in [4.69, 9.17) is 4.74 Å². The Kier molecular flexibility index (Phi) is 3.74. The van der Waals surface area contributed by atoms with Crippen LogP contribution in [0.15, 0.2) is 18.3 Å². The first kappa shape index (κ1) is 16.2. The van der Waals surface area contributed by atoms with Crippen molar-refractivity contribution < 1.29 is 9.53 Å². The molecule has 4 bridgehead atoms. The molecular formula is C19H22N4O2S. The smallest absolute Gasteiger partial charge is 0.259 e. The number of amides is 1. The lowest BCUT2D eigenvalue weighted by atomic mass is 9.50. The standard InChI is InChI=1S/C19H22N4O2S/c1-25-15-3-2-14(10-20-15)16(24)21-18-23-22-17(26-18)19-7-11-4-12(8-19)6-13(5-11)9-19/h2-3,10-13H,4-9H2,1H3,(H,21,23,24). The van der Waals surface area contributed by atoms with Crippen LogP contribution in [0.1, 0.15) is 53.9 Å². The normalized spacial score (nSPS) is 31.8. The number of aromatic nitrogens is 3. The lowest BCUT2D eigenvalue weighted by Gasteiger charge is -2.55. The summed E-state index contributed by atoms with van der Waals surface area (Å²) >= 11 is 1.55. The number of carbonyl (C=O) groups excluding carboxylic acids is 1. The molecule has 7 heteroatoms. The molecule has 2 aromatic rings. The zero-order chi connectivity index (χ0) is 17.7. The molecule has 1 amide bonds. The van der Waals surface area contributed by atoms with Crippen molar-refractivity contribution in [1.29, 1.82) is 0 Å². The Morgan fingerprint density at radius 1 is 1.15 bits per heavy atom. The fourth-order valence-corrected chi connectivity index (χ4v) is 6.62. The van der Waals surface area contributed by atoms with Crippen molar-refractivity contribution in [3.63, 3.8) is 0 Å². The number of rotatable bonds is 4. The highest BCUT2D eigenvalue weighted by Crippen LogP contribution is 2.61. The maximum atomic E-state index is 12.4. The molecule has 2 heterocycles. The van der Waals surface area contributed by atoms with E-state index in [-0.39, 0.29) is 11.3 Å². The Bertz CT molecular complexity index is 797. The number of anilines is 1. The summed E-state index contributed by atoms with van der Waals surface area (Å²) in [5, 5.41) is 13.3. The van der Waals surface area contributed by atoms with E-state index in [1.54, 1.807) is 30.6 Å². The topological polar surface area (TPSA) is 77.0 Å². The second kappa shape index (κ2) is 6.01. The van der Waals surface area contributed by atoms with Crippen molar-refractivity contribution >= 4 is 22.4 Å². The fourth-order valence-electron chi connectivity index (χ4n) is 5.67. The number of carbonyl (C=O) groups is 1. The number of hydrogen-bond donors (Lipinski definition) is 1. The summed E-state index contributed by atoms with van der Waals surface area (Å²) in [5.74, 6) is 2.88. The number of nitrogens with one attached hydrogen (secondary N) is 1. The molecule has 4 aliphatic carbocycles. The molecule has 136 valence electrons. The van der Waals surface area contributed by atoms with Crippen molar-refractivity contribution in [3.05, 3.63) is 28.9 Å². The van der Waals surface area contributed by atoms with Crippen LogP contribution in [-0.2, 0) is 5.41 Å². The highest BCUT2D eigenvalue weighted by molar-refractivity contribution is 7.15. The summed E-state index contributed by atoms with van der Waals surface area (Å²) in [6.07, 6.45) is 9.50. The minimum Gasteiger partial charge on any atom is -0.481 e. The predicted octanol–water partition coefficient (Wildman–Crippen LogP) is 3.66. The summed E-state index contributed by atoms with van der Waals surface area (Å²) in [4.78, 5) is 16.5. The average molecular weight is 370 g/mol. The first-order valence-corrected chi connectivity index (χ1v) is 10.1. The first-order valence-electron chi connectivity index (χ1n) is 9.29. The summed E-state index contributed by atoms with van der Waals surface area (Å²) < 4.78 is 5.02. The number of pyridine rings is 1. The van der Waals surface area contributed by atoms with Crippen molar-refractivity contribution in [2.24, 2.45) is 17.8 Å². The van der Waals surface area contributed by atoms with E-state index in [9.17, 15) is 4.79 Å². The third-order valence-corrected chi connectivity index (χ3v) is 7.43. The lowest BCUT2D eigenvalue weighted by molar-refractivity contribution is -0.00555. The second-order valence-corrected chi connectivity index (χ2v) is 9.13. The lowest BCUT2D eigenvalue weighted by Crippen LogP contribution is -2.48. The average Bonchev–Trinajstić information content (AvgIpc) is 3.10. The number of hydrogen-bond acceptors (Lipinski definition) is 6. The largest absolute Gasteiger partial charge is 0.481 e. The second-order valence-electron chi connectivity index (χ2n) is 8.15. The van der Waals surface area contributed by atoms with Gasteiger partial charge in [-0.15, -0.1) is 10.2 Å². The molecule has 0 spiro atoms. The Morgan fingerprint density at radius 2 is 1.85 bits per heavy atom. The molecule has 0 unspecified atom stereocenters. The number of methoxy groups -OCH3 is 1. The maximum absolute atomic E-state index is 12.4. The van der Waals surface area contributed by atoms with Crippen LogP contribution in [0.25, 0.3) is 0 Å². The molecule has 4 aliphatic rings. The molecule has 0 radical (unpaired) electrons. The maximum Gasteiger partial charge on any atom is 0.259 e. The van der Waals surface area contributed by atoms with Crippen LogP contribution >= 0.6 is 11.3 Å². The molecule has 0 atom stereocenters. The van der Waals surface area contributed by atoms with E-state index in [0.717, 1.165) is 22.8 Å². The van der Waals surface area contributed by atoms with Gasteiger partial charge in [0.05, 0.1) is 12.7 Å². The van der Waals surface area contributed by atoms with Crippen LogP contribution in [0.4, 0.5) is 5.13 Å². The Morgan fingerprint density at radius 3 is 2.42 bits per heavy atom. The van der Waals surface area contributed by atoms with E-state index < -0.39 is 0 Å². The first-order chi connectivity index (χ1) is 12.6. The van der Waals surface area contributed by atoms with Gasteiger partial charge in [0.15, 0.2) is 0 Å². The van der Waals surface area contributed by atoms with E-state index in [0.29, 0.717) is 16.6 Å². The van der Waals surface area contributed by atoms with Crippen LogP contribution in [0.3, 0.4) is 0 Å². The van der Waals surface area contributed by atoms with E-state index in [1.807, 2.05) is 0 Å². The summed E-state index contributed by atoms with van der Waals surface area (Å²) in [5.41, 5.74) is 0.703. The Hall–Kier alpha value is -2.02. The van der Waals surface area contributed by atoms with Gasteiger partial charge in [0.25, 0.3) is 5.91 Å². The van der Waals surface area contributed by atoms with E-state index in [2.05, 4.69) is 20.5 Å². The zero-order valence-corrected chi connectivity index (χ0v) is 15.6. The Balaban J connectivity index is 1.33. The van der Waals surface area contributed by atoms with Gasteiger partial charge in [0, 0.05) is 17.7 Å². The van der Waals surface area contributed by atoms with Crippen molar-refractivity contribution in [1.82, 2.24) is 15.2 Å². The van der Waals surface area contributed by atoms with Gasteiger partial charge in [-0.2, -0.15) is 0 Å². The molecule has 26 heavy (non-hydrogen) atoms. The monoisotopic (exact) mass is 370 g/mol. The third kappa shape index (κ3) is 2.69. The van der Waals surface area contributed by atoms with Crippen LogP contribution in [-0.4, -0.2) is 28.2 Å². The van der Waals surface area contributed by atoms with Gasteiger partial charge in [-0.3, -0.25) is 10.1 Å². The Labute approximate surface area is 156 Å². The SMILES string of the molecule is COc1ccc(C(=O)Nc2nnc(C34CC5CC(CC(C5)C3)C4)s2)cn1. The minimum atomic E-state index is -0.214. The van der Waals surface area contributed by atoms with Gasteiger partial charge in [-0.1, -0.05) is 11.3 Å². The molecule has 4 saturated carbocycles. The van der Waals surface area contributed by atoms with Gasteiger partial charge in [-0.05, 0) is 62.3 Å². The molecule has 6 nitrogen and oxygen atoms in total. The third-order valence-electron chi connectivity index (χ3n) is 6.35. The van der Waals surface area contributed by atoms with Crippen molar-refractivity contribution in [2.75, 3.05) is 12.4 Å². The molecule has 0 saturated heterocycles. The van der Waals surface area contributed by atoms with Gasteiger partial charge in [-0.25, -0.2) is 4.98 Å². The van der Waals surface area contributed by atoms with Crippen LogP contribution in [0.2, 0.25) is 0 Å². The van der Waals surface area contributed by atoms with Gasteiger partial charge >= 0.3 is 0 Å². The van der Waals surface area contributed by atoms with Gasteiger partial charge < -0.3 is 4.74 Å². The summed E-state index contributed by atoms with van der Waals surface area (Å²) in [6, 6.07) is 3.37. The molecular weight excluding hydrogens is 348 g/mol. The fraction of sp³-hybridized carbons (Fsp3) is 0.579. The van der Waals surface area contributed by atoms with Crippen LogP contribution in [0, 0.1) is 17.8 Å². The molecule has 0 aliphatic heterocycles. The summed E-state index contributed by atoms with van der Waals surface area (Å²) in [6.45, 7) is 0. The summed E-state index contributed by atoms with van der Waals surface area (Å²) in [7, 11) is 1.55.